The van der Waals surface area contributed by atoms with Gasteiger partial charge in [-0.1, -0.05) is 0 Å². The van der Waals surface area contributed by atoms with E-state index < -0.39 is 17.8 Å². The maximum atomic E-state index is 13.1. The summed E-state index contributed by atoms with van der Waals surface area (Å²) in [6.45, 7) is 0. The zero-order valence-corrected chi connectivity index (χ0v) is 18.6. The number of nitrogens with zero attached hydrogens (tertiary/aromatic N) is 5. The number of fused-ring (bicyclic) bond motifs is 2. The smallest absolute Gasteiger partial charge is 0.433 e. The lowest BCUT2D eigenvalue weighted by Crippen LogP contribution is -2.19. The Balaban J connectivity index is 1.43. The second-order valence-electron chi connectivity index (χ2n) is 8.52. The second-order valence-corrected chi connectivity index (χ2v) is 8.52. The number of carbonyl (C=O) groups is 2. The Labute approximate surface area is 196 Å². The number of nitrogens with one attached hydrogen (secondary N) is 1. The largest absolute Gasteiger partial charge is 0.494 e. The number of anilines is 1. The highest BCUT2D eigenvalue weighted by atomic mass is 19.4. The van der Waals surface area contributed by atoms with Gasteiger partial charge in [0.15, 0.2) is 5.65 Å². The van der Waals surface area contributed by atoms with E-state index in [0.29, 0.717) is 17.0 Å². The minimum atomic E-state index is -4.65. The van der Waals surface area contributed by atoms with Gasteiger partial charge in [-0.05, 0) is 37.8 Å². The lowest BCUT2D eigenvalue weighted by Gasteiger charge is -2.25. The highest BCUT2D eigenvalue weighted by molar-refractivity contribution is 6.09. The van der Waals surface area contributed by atoms with E-state index in [-0.39, 0.29) is 23.2 Å². The highest BCUT2D eigenvalue weighted by Crippen LogP contribution is 2.35. The van der Waals surface area contributed by atoms with Gasteiger partial charge in [0.05, 0.1) is 30.6 Å². The fraction of sp³-hybridized carbons (Fsp3) is 0.348. The van der Waals surface area contributed by atoms with Crippen LogP contribution < -0.4 is 10.1 Å². The fourth-order valence-corrected chi connectivity index (χ4v) is 4.40. The average molecular weight is 486 g/mol. The first kappa shape index (κ1) is 22.8. The van der Waals surface area contributed by atoms with Gasteiger partial charge in [-0.15, -0.1) is 0 Å². The molecule has 0 atom stereocenters. The summed E-state index contributed by atoms with van der Waals surface area (Å²) in [6, 6.07) is 4.36. The van der Waals surface area contributed by atoms with Crippen LogP contribution in [0.4, 0.5) is 18.9 Å². The number of rotatable bonds is 5. The number of carbonyl (C=O) groups excluding carboxylic acids is 2. The Morgan fingerprint density at radius 3 is 2.69 bits per heavy atom. The van der Waals surface area contributed by atoms with Crippen molar-refractivity contribution in [2.45, 2.75) is 37.9 Å². The summed E-state index contributed by atoms with van der Waals surface area (Å²) in [5.74, 6) is -0.231. The van der Waals surface area contributed by atoms with Crippen molar-refractivity contribution in [3.63, 3.8) is 0 Å². The molecule has 0 bridgehead atoms. The highest BCUT2D eigenvalue weighted by Gasteiger charge is 2.33. The molecule has 1 fully saturated rings. The molecule has 5 rings (SSSR count). The van der Waals surface area contributed by atoms with Crippen LogP contribution in [0.5, 0.6) is 5.75 Å². The van der Waals surface area contributed by atoms with Crippen molar-refractivity contribution < 1.29 is 27.5 Å². The van der Waals surface area contributed by atoms with Gasteiger partial charge in [0, 0.05) is 29.8 Å². The fourth-order valence-electron chi connectivity index (χ4n) is 4.40. The number of hydrogen-bond acceptors (Lipinski definition) is 6. The van der Waals surface area contributed by atoms with Crippen LogP contribution in [0.1, 0.15) is 47.8 Å². The van der Waals surface area contributed by atoms with Crippen LogP contribution in [0, 0.1) is 5.92 Å². The van der Waals surface area contributed by atoms with Crippen LogP contribution in [-0.2, 0) is 11.0 Å². The lowest BCUT2D eigenvalue weighted by molar-refractivity contribution is -0.141. The third kappa shape index (κ3) is 4.31. The molecule has 3 heterocycles. The summed E-state index contributed by atoms with van der Waals surface area (Å²) in [7, 11) is 1.45. The molecule has 0 spiro atoms. The van der Waals surface area contributed by atoms with Gasteiger partial charge in [-0.2, -0.15) is 23.4 Å². The quantitative estimate of drug-likeness (QED) is 0.422. The van der Waals surface area contributed by atoms with Gasteiger partial charge >= 0.3 is 6.18 Å². The molecule has 9 nitrogen and oxygen atoms in total. The summed E-state index contributed by atoms with van der Waals surface area (Å²) in [5, 5.41) is 12.0. The number of alkyl halides is 3. The first-order valence-electron chi connectivity index (χ1n) is 11.0. The predicted molar refractivity (Wildman–Crippen MR) is 119 cm³/mol. The molecule has 0 aliphatic heterocycles. The van der Waals surface area contributed by atoms with E-state index in [1.807, 2.05) is 10.9 Å². The van der Waals surface area contributed by atoms with Gasteiger partial charge in [-0.25, -0.2) is 9.50 Å². The Hall–Kier alpha value is -3.96. The van der Waals surface area contributed by atoms with Crippen LogP contribution in [0.3, 0.4) is 0 Å². The molecule has 12 heteroatoms. The average Bonchev–Trinajstić information content (AvgIpc) is 3.46. The third-order valence-corrected chi connectivity index (χ3v) is 6.30. The molecule has 1 aromatic carbocycles. The summed E-state index contributed by atoms with van der Waals surface area (Å²) in [4.78, 5) is 27.6. The number of ether oxygens (including phenoxy) is 1. The van der Waals surface area contributed by atoms with Gasteiger partial charge in [0.25, 0.3) is 5.91 Å². The Morgan fingerprint density at radius 1 is 1.23 bits per heavy atom. The van der Waals surface area contributed by atoms with E-state index in [2.05, 4.69) is 20.5 Å². The Morgan fingerprint density at radius 2 is 2.00 bits per heavy atom. The Kier molecular flexibility index (Phi) is 5.65. The first-order chi connectivity index (χ1) is 16.8. The van der Waals surface area contributed by atoms with Crippen LogP contribution in [0.25, 0.3) is 16.6 Å². The third-order valence-electron chi connectivity index (χ3n) is 6.30. The summed E-state index contributed by atoms with van der Waals surface area (Å²) < 4.78 is 47.7. The SMILES string of the molecule is COc1cc2nn(C3CCC(C=O)CC3)cc2cc1NC(=O)c1cnn2ccc(C(F)(F)F)nc12. The number of amides is 1. The van der Waals surface area contributed by atoms with Gasteiger partial charge in [0.2, 0.25) is 0 Å². The molecule has 35 heavy (non-hydrogen) atoms. The van der Waals surface area contributed by atoms with E-state index in [0.717, 1.165) is 60.3 Å². The van der Waals surface area contributed by atoms with Crippen LogP contribution >= 0.6 is 0 Å². The van der Waals surface area contributed by atoms with Crippen molar-refractivity contribution in [2.75, 3.05) is 12.4 Å². The standard InChI is InChI=1S/C23H21F3N6O3/c1-35-19-9-17-14(11-32(30-17)15-4-2-13(12-33)3-5-15)8-18(19)28-22(34)16-10-27-31-7-6-20(23(24,25)26)29-21(16)31/h6-13,15H,2-5H2,1H3,(H,28,34). The van der Waals surface area contributed by atoms with Crippen molar-refractivity contribution in [2.24, 2.45) is 5.92 Å². The first-order valence-corrected chi connectivity index (χ1v) is 11.0. The summed E-state index contributed by atoms with van der Waals surface area (Å²) >= 11 is 0. The van der Waals surface area contributed by atoms with E-state index >= 15 is 0 Å². The zero-order chi connectivity index (χ0) is 24.7. The molecule has 0 radical (unpaired) electrons. The van der Waals surface area contributed by atoms with E-state index in [1.54, 1.807) is 12.1 Å². The maximum absolute atomic E-state index is 13.1. The summed E-state index contributed by atoms with van der Waals surface area (Å²) in [5.41, 5.74) is -0.435. The number of hydrogen-bond donors (Lipinski definition) is 1. The molecule has 4 aromatic rings. The zero-order valence-electron chi connectivity index (χ0n) is 18.6. The van der Waals surface area contributed by atoms with Crippen molar-refractivity contribution in [3.05, 3.63) is 48.0 Å². The molecule has 182 valence electrons. The minimum Gasteiger partial charge on any atom is -0.494 e. The molecule has 3 aromatic heterocycles. The van der Waals surface area contributed by atoms with Crippen LogP contribution in [0.15, 0.2) is 36.8 Å². The number of aldehydes is 1. The maximum Gasteiger partial charge on any atom is 0.433 e. The monoisotopic (exact) mass is 486 g/mol. The van der Waals surface area contributed by atoms with Crippen molar-refractivity contribution >= 4 is 34.4 Å². The van der Waals surface area contributed by atoms with E-state index in [9.17, 15) is 22.8 Å². The number of aromatic nitrogens is 5. The topological polar surface area (TPSA) is 103 Å². The lowest BCUT2D eigenvalue weighted by atomic mass is 9.87. The molecule has 1 aliphatic carbocycles. The van der Waals surface area contributed by atoms with Gasteiger partial charge < -0.3 is 14.8 Å². The molecule has 1 saturated carbocycles. The molecule has 0 saturated heterocycles. The molecule has 1 N–H and O–H groups in total. The number of methoxy groups -OCH3 is 1. The van der Waals surface area contributed by atoms with Crippen molar-refractivity contribution in [1.29, 1.82) is 0 Å². The molecular formula is C23H21F3N6O3. The van der Waals surface area contributed by atoms with Crippen LogP contribution in [0.2, 0.25) is 0 Å². The Bertz CT molecular complexity index is 1420. The van der Waals surface area contributed by atoms with Crippen molar-refractivity contribution in [3.8, 4) is 5.75 Å². The van der Waals surface area contributed by atoms with Gasteiger partial charge in [0.1, 0.15) is 23.3 Å². The van der Waals surface area contributed by atoms with Gasteiger partial charge in [-0.3, -0.25) is 9.48 Å². The predicted octanol–water partition coefficient (Wildman–Crippen LogP) is 4.29. The minimum absolute atomic E-state index is 0.0970. The number of halogens is 3. The normalized spacial score (nSPS) is 18.6. The molecule has 0 unspecified atom stereocenters. The number of benzene rings is 1. The van der Waals surface area contributed by atoms with Crippen LogP contribution in [-0.4, -0.2) is 43.7 Å². The van der Waals surface area contributed by atoms with E-state index in [1.165, 1.54) is 7.11 Å². The van der Waals surface area contributed by atoms with Crippen molar-refractivity contribution in [1.82, 2.24) is 24.4 Å². The second kappa shape index (κ2) is 8.67. The molecule has 1 aliphatic rings. The molecular weight excluding hydrogens is 465 g/mol. The summed E-state index contributed by atoms with van der Waals surface area (Å²) in [6.07, 6.45) is 3.83. The van der Waals surface area contributed by atoms with E-state index in [4.69, 9.17) is 4.74 Å². The molecule has 1 amide bonds.